The van der Waals surface area contributed by atoms with Crippen LogP contribution in [0, 0.1) is 17.7 Å². The van der Waals surface area contributed by atoms with Crippen molar-refractivity contribution in [2.45, 2.75) is 71.6 Å². The zero-order valence-corrected chi connectivity index (χ0v) is 18.8. The van der Waals surface area contributed by atoms with Crippen LogP contribution >= 0.6 is 0 Å². The van der Waals surface area contributed by atoms with Gasteiger partial charge in [-0.2, -0.15) is 4.39 Å². The van der Waals surface area contributed by atoms with Gasteiger partial charge in [0.05, 0.1) is 12.2 Å². The standard InChI is InChI=1S/C27H35FO3/c1-3-5-19-6-8-20(9-7-19)10-11-21-12-14-22(15-13-21)18-24(29)23-16-17-25(31-4-2)26(28)27(23)30/h12-17,19-20,30H,3-11,18H2,1-2H3. The largest absolute Gasteiger partial charge is 0.504 e. The lowest BCUT2D eigenvalue weighted by Gasteiger charge is -2.28. The molecule has 0 bridgehead atoms. The molecule has 0 amide bonds. The molecule has 4 heteroatoms. The molecule has 3 rings (SSSR count). The van der Waals surface area contributed by atoms with E-state index in [2.05, 4.69) is 19.1 Å². The molecule has 0 aliphatic heterocycles. The summed E-state index contributed by atoms with van der Waals surface area (Å²) in [6.07, 6.45) is 10.6. The molecule has 1 fully saturated rings. The number of aryl methyl sites for hydroxylation is 1. The first kappa shape index (κ1) is 23.3. The second-order valence-electron chi connectivity index (χ2n) is 8.84. The van der Waals surface area contributed by atoms with E-state index in [-0.39, 0.29) is 30.1 Å². The van der Waals surface area contributed by atoms with Crippen molar-refractivity contribution in [2.24, 2.45) is 11.8 Å². The summed E-state index contributed by atoms with van der Waals surface area (Å²) in [4.78, 5) is 12.6. The van der Waals surface area contributed by atoms with Crippen LogP contribution in [-0.4, -0.2) is 17.5 Å². The van der Waals surface area contributed by atoms with E-state index in [1.54, 1.807) is 6.92 Å². The summed E-state index contributed by atoms with van der Waals surface area (Å²) < 4.78 is 19.3. The number of ketones is 1. The lowest BCUT2D eigenvalue weighted by atomic mass is 9.78. The lowest BCUT2D eigenvalue weighted by molar-refractivity contribution is 0.0989. The Morgan fingerprint density at radius 1 is 0.968 bits per heavy atom. The van der Waals surface area contributed by atoms with Gasteiger partial charge in [-0.05, 0) is 54.9 Å². The van der Waals surface area contributed by atoms with Crippen LogP contribution in [0.2, 0.25) is 0 Å². The Hall–Kier alpha value is -2.36. The number of ether oxygens (including phenoxy) is 1. The van der Waals surface area contributed by atoms with Crippen molar-refractivity contribution in [3.05, 3.63) is 58.9 Å². The first-order valence-electron chi connectivity index (χ1n) is 11.8. The van der Waals surface area contributed by atoms with Crippen LogP contribution in [-0.2, 0) is 12.8 Å². The number of hydrogen-bond acceptors (Lipinski definition) is 3. The van der Waals surface area contributed by atoms with Gasteiger partial charge in [0, 0.05) is 6.42 Å². The van der Waals surface area contributed by atoms with Gasteiger partial charge in [-0.25, -0.2) is 0 Å². The molecule has 0 heterocycles. The monoisotopic (exact) mass is 426 g/mol. The highest BCUT2D eigenvalue weighted by molar-refractivity contribution is 6.00. The Morgan fingerprint density at radius 3 is 2.19 bits per heavy atom. The van der Waals surface area contributed by atoms with E-state index in [1.165, 1.54) is 62.6 Å². The minimum Gasteiger partial charge on any atom is -0.504 e. The first-order chi connectivity index (χ1) is 15.0. The second kappa shape index (κ2) is 11.3. The fourth-order valence-electron chi connectivity index (χ4n) is 4.73. The van der Waals surface area contributed by atoms with Crippen LogP contribution in [0.4, 0.5) is 4.39 Å². The van der Waals surface area contributed by atoms with Crippen molar-refractivity contribution in [3.63, 3.8) is 0 Å². The molecule has 0 unspecified atom stereocenters. The van der Waals surface area contributed by atoms with E-state index in [9.17, 15) is 14.3 Å². The summed E-state index contributed by atoms with van der Waals surface area (Å²) in [6.45, 7) is 4.30. The average molecular weight is 427 g/mol. The molecule has 0 atom stereocenters. The SMILES string of the molecule is CCCC1CCC(CCc2ccc(CC(=O)c3ccc(OCC)c(F)c3O)cc2)CC1. The molecule has 0 radical (unpaired) electrons. The molecule has 1 saturated carbocycles. The second-order valence-corrected chi connectivity index (χ2v) is 8.84. The van der Waals surface area contributed by atoms with E-state index >= 15 is 0 Å². The molecule has 0 spiro atoms. The minimum absolute atomic E-state index is 0.0105. The predicted octanol–water partition coefficient (Wildman–Crippen LogP) is 6.89. The summed E-state index contributed by atoms with van der Waals surface area (Å²) >= 11 is 0. The number of carbonyl (C=O) groups is 1. The summed E-state index contributed by atoms with van der Waals surface area (Å²) in [5, 5.41) is 10.1. The zero-order valence-electron chi connectivity index (χ0n) is 18.8. The van der Waals surface area contributed by atoms with Crippen LogP contribution in [0.1, 0.15) is 80.3 Å². The molecule has 1 aliphatic carbocycles. The Labute approximate surface area is 185 Å². The maximum Gasteiger partial charge on any atom is 0.207 e. The Kier molecular flexibility index (Phi) is 8.51. The molecule has 0 saturated heterocycles. The highest BCUT2D eigenvalue weighted by atomic mass is 19.1. The number of phenolic OH excluding ortho intramolecular Hbond substituents is 1. The molecule has 1 aliphatic rings. The number of aromatic hydroxyl groups is 1. The highest BCUT2D eigenvalue weighted by Crippen LogP contribution is 2.34. The molecule has 168 valence electrons. The number of rotatable bonds is 10. The molecular formula is C27H35FO3. The van der Waals surface area contributed by atoms with Crippen LogP contribution in [0.25, 0.3) is 0 Å². The van der Waals surface area contributed by atoms with E-state index in [1.807, 2.05) is 12.1 Å². The Balaban J connectivity index is 1.51. The van der Waals surface area contributed by atoms with Crippen molar-refractivity contribution in [2.75, 3.05) is 6.61 Å². The first-order valence-corrected chi connectivity index (χ1v) is 11.8. The molecular weight excluding hydrogens is 391 g/mol. The van der Waals surface area contributed by atoms with Gasteiger partial charge < -0.3 is 9.84 Å². The topological polar surface area (TPSA) is 46.5 Å². The third-order valence-electron chi connectivity index (χ3n) is 6.57. The third kappa shape index (κ3) is 6.32. The van der Waals surface area contributed by atoms with Gasteiger partial charge >= 0.3 is 0 Å². The van der Waals surface area contributed by atoms with E-state index in [0.717, 1.165) is 23.8 Å². The van der Waals surface area contributed by atoms with Gasteiger partial charge in [0.15, 0.2) is 17.3 Å². The number of benzene rings is 2. The van der Waals surface area contributed by atoms with Crippen LogP contribution in [0.15, 0.2) is 36.4 Å². The normalized spacial score (nSPS) is 18.7. The number of phenols is 1. The molecule has 31 heavy (non-hydrogen) atoms. The van der Waals surface area contributed by atoms with Crippen LogP contribution in [0.5, 0.6) is 11.5 Å². The number of Topliss-reactive ketones (excluding diaryl/α,β-unsaturated/α-hetero) is 1. The third-order valence-corrected chi connectivity index (χ3v) is 6.57. The van der Waals surface area contributed by atoms with Gasteiger partial charge in [0.1, 0.15) is 0 Å². The smallest absolute Gasteiger partial charge is 0.207 e. The number of hydrogen-bond donors (Lipinski definition) is 1. The van der Waals surface area contributed by atoms with Crippen molar-refractivity contribution >= 4 is 5.78 Å². The number of halogens is 1. The molecule has 2 aromatic carbocycles. The Bertz CT molecular complexity index is 852. The van der Waals surface area contributed by atoms with Gasteiger partial charge in [-0.3, -0.25) is 4.79 Å². The van der Waals surface area contributed by atoms with E-state index in [0.29, 0.717) is 0 Å². The van der Waals surface area contributed by atoms with Crippen molar-refractivity contribution in [3.8, 4) is 11.5 Å². The summed E-state index contributed by atoms with van der Waals surface area (Å²) in [7, 11) is 0. The summed E-state index contributed by atoms with van der Waals surface area (Å²) in [6, 6.07) is 10.9. The summed E-state index contributed by atoms with van der Waals surface area (Å²) in [5.74, 6) is -0.0861. The van der Waals surface area contributed by atoms with Crippen LogP contribution in [0.3, 0.4) is 0 Å². The van der Waals surface area contributed by atoms with Gasteiger partial charge in [-0.1, -0.05) is 69.7 Å². The van der Waals surface area contributed by atoms with E-state index in [4.69, 9.17) is 4.74 Å². The fourth-order valence-corrected chi connectivity index (χ4v) is 4.73. The Morgan fingerprint density at radius 2 is 1.58 bits per heavy atom. The van der Waals surface area contributed by atoms with Crippen molar-refractivity contribution in [1.29, 1.82) is 0 Å². The van der Waals surface area contributed by atoms with Gasteiger partial charge in [0.25, 0.3) is 0 Å². The molecule has 3 nitrogen and oxygen atoms in total. The van der Waals surface area contributed by atoms with Crippen LogP contribution < -0.4 is 4.74 Å². The van der Waals surface area contributed by atoms with Crippen molar-refractivity contribution in [1.82, 2.24) is 0 Å². The lowest BCUT2D eigenvalue weighted by Crippen LogP contribution is -2.15. The number of carbonyl (C=O) groups excluding carboxylic acids is 1. The average Bonchev–Trinajstić information content (AvgIpc) is 2.78. The van der Waals surface area contributed by atoms with Gasteiger partial charge in [-0.15, -0.1) is 0 Å². The predicted molar refractivity (Wildman–Crippen MR) is 122 cm³/mol. The van der Waals surface area contributed by atoms with Gasteiger partial charge in [0.2, 0.25) is 5.82 Å². The van der Waals surface area contributed by atoms with E-state index < -0.39 is 11.6 Å². The maximum atomic E-state index is 14.2. The zero-order chi connectivity index (χ0) is 22.2. The summed E-state index contributed by atoms with van der Waals surface area (Å²) in [5.41, 5.74) is 2.15. The highest BCUT2D eigenvalue weighted by Gasteiger charge is 2.21. The minimum atomic E-state index is -0.883. The molecule has 1 N–H and O–H groups in total. The molecule has 0 aromatic heterocycles. The van der Waals surface area contributed by atoms with Crippen molar-refractivity contribution < 1.29 is 19.0 Å². The quantitative estimate of drug-likeness (QED) is 0.421. The fraction of sp³-hybridized carbons (Fsp3) is 0.519. The maximum absolute atomic E-state index is 14.2. The molecule has 2 aromatic rings.